The minimum atomic E-state index is -0.996. The first-order valence-electron chi connectivity index (χ1n) is 7.33. The van der Waals surface area contributed by atoms with E-state index in [1.165, 1.54) is 6.33 Å². The Morgan fingerprint density at radius 2 is 2.09 bits per heavy atom. The van der Waals surface area contributed by atoms with E-state index in [9.17, 15) is 5.11 Å². The highest BCUT2D eigenvalue weighted by Crippen LogP contribution is 2.24. The third-order valence-electron chi connectivity index (χ3n) is 3.54. The van der Waals surface area contributed by atoms with Gasteiger partial charge in [-0.2, -0.15) is 0 Å². The van der Waals surface area contributed by atoms with Crippen molar-refractivity contribution >= 4 is 5.82 Å². The maximum atomic E-state index is 10.1. The fourth-order valence-electron chi connectivity index (χ4n) is 2.54. The lowest BCUT2D eigenvalue weighted by atomic mass is 10.1. The molecule has 0 radical (unpaired) electrons. The van der Waals surface area contributed by atoms with Gasteiger partial charge in [0.2, 0.25) is 5.88 Å². The molecule has 1 aliphatic rings. The second kappa shape index (κ2) is 5.53. The van der Waals surface area contributed by atoms with Gasteiger partial charge < -0.3 is 19.3 Å². The first kappa shape index (κ1) is 14.7. The van der Waals surface area contributed by atoms with Crippen LogP contribution in [0.4, 0.5) is 5.82 Å². The molecule has 0 fully saturated rings. The first-order chi connectivity index (χ1) is 10.5. The molecular formula is C14H20N6O2. The number of fused-ring (bicyclic) bond motifs is 1. The number of rotatable bonds is 4. The lowest BCUT2D eigenvalue weighted by Crippen LogP contribution is -2.36. The molecule has 0 bridgehead atoms. The Balaban J connectivity index is 1.83. The van der Waals surface area contributed by atoms with Crippen LogP contribution in [0.2, 0.25) is 0 Å². The van der Waals surface area contributed by atoms with Crippen molar-refractivity contribution in [3.8, 4) is 5.88 Å². The summed E-state index contributed by atoms with van der Waals surface area (Å²) < 4.78 is 7.38. The van der Waals surface area contributed by atoms with Crippen LogP contribution in [0.5, 0.6) is 5.88 Å². The molecule has 0 unspecified atom stereocenters. The van der Waals surface area contributed by atoms with Crippen molar-refractivity contribution in [1.82, 2.24) is 24.7 Å². The topological polar surface area (TPSA) is 89.2 Å². The van der Waals surface area contributed by atoms with Gasteiger partial charge in [0.05, 0.1) is 13.2 Å². The molecule has 8 heteroatoms. The maximum absolute atomic E-state index is 10.1. The Morgan fingerprint density at radius 1 is 1.27 bits per heavy atom. The Morgan fingerprint density at radius 3 is 2.82 bits per heavy atom. The maximum Gasteiger partial charge on any atom is 0.218 e. The predicted molar refractivity (Wildman–Crippen MR) is 79.5 cm³/mol. The SMILES string of the molecule is CCOc1cc(N2CCn3c(nnc3C(C)(C)O)C2)ncn1. The minimum absolute atomic E-state index is 0.566. The zero-order valence-electron chi connectivity index (χ0n) is 13.0. The molecular weight excluding hydrogens is 284 g/mol. The molecule has 1 N–H and O–H groups in total. The van der Waals surface area contributed by atoms with Crippen LogP contribution < -0.4 is 9.64 Å². The fraction of sp³-hybridized carbons (Fsp3) is 0.571. The van der Waals surface area contributed by atoms with Gasteiger partial charge in [0.15, 0.2) is 11.6 Å². The standard InChI is InChI=1S/C14H20N6O2/c1-4-22-12-7-10(15-9-16-12)19-5-6-20-11(8-19)17-18-13(20)14(2,3)21/h7,9,21H,4-6,8H2,1-3H3. The van der Waals surface area contributed by atoms with Crippen molar-refractivity contribution in [1.29, 1.82) is 0 Å². The molecule has 0 saturated heterocycles. The zero-order valence-corrected chi connectivity index (χ0v) is 13.0. The smallest absolute Gasteiger partial charge is 0.218 e. The van der Waals surface area contributed by atoms with Gasteiger partial charge in [0, 0.05) is 19.2 Å². The molecule has 3 rings (SSSR count). The molecule has 0 aromatic carbocycles. The van der Waals surface area contributed by atoms with Gasteiger partial charge in [-0.05, 0) is 20.8 Å². The summed E-state index contributed by atoms with van der Waals surface area (Å²) in [6.07, 6.45) is 1.50. The first-order valence-corrected chi connectivity index (χ1v) is 7.33. The molecule has 0 amide bonds. The highest BCUT2D eigenvalue weighted by molar-refractivity contribution is 5.41. The third-order valence-corrected chi connectivity index (χ3v) is 3.54. The van der Waals surface area contributed by atoms with E-state index in [4.69, 9.17) is 4.74 Å². The summed E-state index contributed by atoms with van der Waals surface area (Å²) in [5.41, 5.74) is -0.996. The Kier molecular flexibility index (Phi) is 3.69. The average Bonchev–Trinajstić information content (AvgIpc) is 2.91. The summed E-state index contributed by atoms with van der Waals surface area (Å²) in [6, 6.07) is 1.83. The largest absolute Gasteiger partial charge is 0.478 e. The second-order valence-corrected chi connectivity index (χ2v) is 5.72. The summed E-state index contributed by atoms with van der Waals surface area (Å²) in [6.45, 7) is 7.98. The summed E-state index contributed by atoms with van der Waals surface area (Å²) in [5.74, 6) is 2.79. The summed E-state index contributed by atoms with van der Waals surface area (Å²) in [5, 5.41) is 18.5. The quantitative estimate of drug-likeness (QED) is 0.890. The van der Waals surface area contributed by atoms with Gasteiger partial charge in [0.25, 0.3) is 0 Å². The highest BCUT2D eigenvalue weighted by Gasteiger charge is 2.29. The minimum Gasteiger partial charge on any atom is -0.478 e. The van der Waals surface area contributed by atoms with E-state index in [1.54, 1.807) is 13.8 Å². The van der Waals surface area contributed by atoms with Gasteiger partial charge in [-0.25, -0.2) is 9.97 Å². The van der Waals surface area contributed by atoms with Crippen molar-refractivity contribution in [2.24, 2.45) is 0 Å². The van der Waals surface area contributed by atoms with E-state index in [-0.39, 0.29) is 0 Å². The Labute approximate surface area is 128 Å². The molecule has 3 heterocycles. The monoisotopic (exact) mass is 304 g/mol. The molecule has 1 aliphatic heterocycles. The van der Waals surface area contributed by atoms with E-state index in [0.29, 0.717) is 31.4 Å². The zero-order chi connectivity index (χ0) is 15.7. The molecule has 2 aromatic heterocycles. The normalized spacial score (nSPS) is 14.8. The van der Waals surface area contributed by atoms with Crippen LogP contribution in [0.25, 0.3) is 0 Å². The van der Waals surface area contributed by atoms with Gasteiger partial charge in [-0.1, -0.05) is 0 Å². The Hall–Kier alpha value is -2.22. The van der Waals surface area contributed by atoms with Crippen molar-refractivity contribution in [3.63, 3.8) is 0 Å². The lowest BCUT2D eigenvalue weighted by molar-refractivity contribution is 0.0638. The van der Waals surface area contributed by atoms with E-state index < -0.39 is 5.60 Å². The van der Waals surface area contributed by atoms with Crippen LogP contribution in [0, 0.1) is 0 Å². The second-order valence-electron chi connectivity index (χ2n) is 5.72. The van der Waals surface area contributed by atoms with Gasteiger partial charge >= 0.3 is 0 Å². The highest BCUT2D eigenvalue weighted by atomic mass is 16.5. The summed E-state index contributed by atoms with van der Waals surface area (Å²) in [7, 11) is 0. The number of ether oxygens (including phenoxy) is 1. The van der Waals surface area contributed by atoms with Crippen LogP contribution in [-0.4, -0.2) is 43.0 Å². The molecule has 0 aliphatic carbocycles. The number of aromatic nitrogens is 5. The van der Waals surface area contributed by atoms with E-state index in [1.807, 2.05) is 17.6 Å². The lowest BCUT2D eigenvalue weighted by Gasteiger charge is -2.30. The predicted octanol–water partition coefficient (Wildman–Crippen LogP) is 0.714. The van der Waals surface area contributed by atoms with E-state index in [2.05, 4.69) is 25.1 Å². The summed E-state index contributed by atoms with van der Waals surface area (Å²) >= 11 is 0. The van der Waals surface area contributed by atoms with Gasteiger partial charge in [0.1, 0.15) is 17.7 Å². The number of nitrogens with zero attached hydrogens (tertiary/aromatic N) is 6. The molecule has 2 aromatic rings. The van der Waals surface area contributed by atoms with Crippen LogP contribution in [0.1, 0.15) is 32.4 Å². The molecule has 0 atom stereocenters. The number of hydrogen-bond donors (Lipinski definition) is 1. The summed E-state index contributed by atoms with van der Waals surface area (Å²) in [4.78, 5) is 10.5. The molecule has 0 spiro atoms. The third kappa shape index (κ3) is 2.74. The molecule has 0 saturated carbocycles. The van der Waals surface area contributed by atoms with Crippen molar-refractivity contribution < 1.29 is 9.84 Å². The number of hydrogen-bond acceptors (Lipinski definition) is 7. The van der Waals surface area contributed by atoms with E-state index >= 15 is 0 Å². The van der Waals surface area contributed by atoms with Crippen LogP contribution in [0.3, 0.4) is 0 Å². The molecule has 118 valence electrons. The average molecular weight is 304 g/mol. The van der Waals surface area contributed by atoms with Crippen LogP contribution in [0.15, 0.2) is 12.4 Å². The van der Waals surface area contributed by atoms with Gasteiger partial charge in [-0.3, -0.25) is 0 Å². The molecule has 22 heavy (non-hydrogen) atoms. The van der Waals surface area contributed by atoms with Gasteiger partial charge in [-0.15, -0.1) is 10.2 Å². The Bertz CT molecular complexity index is 664. The number of anilines is 1. The van der Waals surface area contributed by atoms with Crippen molar-refractivity contribution in [2.45, 2.75) is 39.5 Å². The van der Waals surface area contributed by atoms with E-state index in [0.717, 1.165) is 18.2 Å². The van der Waals surface area contributed by atoms with Crippen LogP contribution >= 0.6 is 0 Å². The van der Waals surface area contributed by atoms with Crippen LogP contribution in [-0.2, 0) is 18.7 Å². The fourth-order valence-corrected chi connectivity index (χ4v) is 2.54. The number of aliphatic hydroxyl groups is 1. The molecule has 8 nitrogen and oxygen atoms in total. The van der Waals surface area contributed by atoms with Crippen molar-refractivity contribution in [3.05, 3.63) is 24.0 Å². The van der Waals surface area contributed by atoms with Crippen molar-refractivity contribution in [2.75, 3.05) is 18.1 Å².